The largest absolute Gasteiger partial charge is 0.756 e. The fourth-order valence-corrected chi connectivity index (χ4v) is 7.85. The van der Waals surface area contributed by atoms with Crippen LogP contribution in [0.4, 0.5) is 0 Å². The maximum Gasteiger partial charge on any atom is 0.306 e. The lowest BCUT2D eigenvalue weighted by Gasteiger charge is -2.28. The van der Waals surface area contributed by atoms with Gasteiger partial charge in [-0.05, 0) is 38.5 Å². The molecule has 2 unspecified atom stereocenters. The first-order valence-electron chi connectivity index (χ1n) is 24.9. The number of likely N-dealkylation sites (N-methyl/N-ethyl adjacent to an activating group) is 1. The SMILES string of the molecule is CCCCCC/C=C\CCCCCCCC(=O)OC(COC(=O)CCCCCCCCCCCCCCCCCCCCCCCC)COP(=O)([O-])OCC[N+](C)(C)C. The van der Waals surface area contributed by atoms with E-state index in [4.69, 9.17) is 18.5 Å². The molecule has 0 N–H and O–H groups in total. The maximum atomic E-state index is 12.7. The molecule has 0 aliphatic rings. The van der Waals surface area contributed by atoms with Crippen molar-refractivity contribution in [1.82, 2.24) is 0 Å². The molecule has 350 valence electrons. The van der Waals surface area contributed by atoms with Gasteiger partial charge in [0.05, 0.1) is 27.7 Å². The van der Waals surface area contributed by atoms with Crippen molar-refractivity contribution in [3.8, 4) is 0 Å². The number of nitrogens with zero attached hydrogens (tertiary/aromatic N) is 1. The lowest BCUT2D eigenvalue weighted by molar-refractivity contribution is -0.870. The predicted molar refractivity (Wildman–Crippen MR) is 245 cm³/mol. The van der Waals surface area contributed by atoms with Crippen molar-refractivity contribution in [2.45, 2.75) is 245 Å². The van der Waals surface area contributed by atoms with Crippen molar-refractivity contribution in [3.63, 3.8) is 0 Å². The van der Waals surface area contributed by atoms with E-state index >= 15 is 0 Å². The van der Waals surface area contributed by atoms with E-state index in [1.54, 1.807) is 0 Å². The first-order valence-corrected chi connectivity index (χ1v) is 26.4. The standard InChI is InChI=1S/C49H96NO8P/c1-6-8-10-12-14-16-18-20-21-22-23-24-25-26-27-28-30-31-33-35-37-39-41-48(51)55-45-47(46-57-59(53,54)56-44-43-50(3,4)5)58-49(52)42-40-38-36-34-32-29-19-17-15-13-11-9-7-2/h17,19,47H,6-16,18,20-46H2,1-5H3/b19-17-. The van der Waals surface area contributed by atoms with Crippen LogP contribution in [-0.4, -0.2) is 70.0 Å². The number of esters is 2. The summed E-state index contributed by atoms with van der Waals surface area (Å²) in [5.74, 6) is -0.832. The van der Waals surface area contributed by atoms with Gasteiger partial charge in [0.2, 0.25) is 0 Å². The summed E-state index contributed by atoms with van der Waals surface area (Å²) in [5.41, 5.74) is 0. The van der Waals surface area contributed by atoms with Gasteiger partial charge in [-0.15, -0.1) is 0 Å². The molecule has 10 heteroatoms. The van der Waals surface area contributed by atoms with Gasteiger partial charge in [0.1, 0.15) is 19.8 Å². The molecule has 0 aromatic carbocycles. The summed E-state index contributed by atoms with van der Waals surface area (Å²) in [4.78, 5) is 37.6. The zero-order valence-corrected chi connectivity index (χ0v) is 40.4. The highest BCUT2D eigenvalue weighted by Crippen LogP contribution is 2.38. The summed E-state index contributed by atoms with van der Waals surface area (Å²) in [6.45, 7) is 4.24. The molecule has 0 aromatic rings. The lowest BCUT2D eigenvalue weighted by Crippen LogP contribution is -2.37. The summed E-state index contributed by atoms with van der Waals surface area (Å²) in [5, 5.41) is 0. The summed E-state index contributed by atoms with van der Waals surface area (Å²) >= 11 is 0. The van der Waals surface area contributed by atoms with Gasteiger partial charge in [-0.1, -0.05) is 199 Å². The number of phosphoric ester groups is 1. The molecule has 0 saturated carbocycles. The number of allylic oxidation sites excluding steroid dienone is 2. The molecule has 9 nitrogen and oxygen atoms in total. The molecule has 0 rings (SSSR count). The molecule has 0 saturated heterocycles. The van der Waals surface area contributed by atoms with E-state index in [0.717, 1.165) is 51.4 Å². The Kier molecular flexibility index (Phi) is 41.2. The highest BCUT2D eigenvalue weighted by Gasteiger charge is 2.21. The Morgan fingerprint density at radius 1 is 0.508 bits per heavy atom. The Labute approximate surface area is 365 Å². The average Bonchev–Trinajstić information content (AvgIpc) is 3.19. The molecule has 0 aromatic heterocycles. The molecular weight excluding hydrogens is 762 g/mol. The minimum Gasteiger partial charge on any atom is -0.756 e. The number of phosphoric acid groups is 1. The Bertz CT molecular complexity index is 1020. The van der Waals surface area contributed by atoms with Crippen LogP contribution in [0.25, 0.3) is 0 Å². The van der Waals surface area contributed by atoms with Crippen molar-refractivity contribution >= 4 is 19.8 Å². The van der Waals surface area contributed by atoms with Gasteiger partial charge in [0.25, 0.3) is 7.82 Å². The zero-order valence-electron chi connectivity index (χ0n) is 39.5. The fourth-order valence-electron chi connectivity index (χ4n) is 7.12. The number of rotatable bonds is 46. The molecule has 0 aliphatic carbocycles. The number of carbonyl (C=O) groups excluding carboxylic acids is 2. The molecule has 0 bridgehead atoms. The van der Waals surface area contributed by atoms with E-state index in [9.17, 15) is 19.0 Å². The molecule has 0 radical (unpaired) electrons. The number of unbranched alkanes of at least 4 members (excludes halogenated alkanes) is 30. The smallest absolute Gasteiger partial charge is 0.306 e. The van der Waals surface area contributed by atoms with E-state index in [-0.39, 0.29) is 32.0 Å². The zero-order chi connectivity index (χ0) is 43.6. The molecule has 59 heavy (non-hydrogen) atoms. The minimum atomic E-state index is -4.62. The van der Waals surface area contributed by atoms with E-state index in [2.05, 4.69) is 26.0 Å². The van der Waals surface area contributed by atoms with E-state index in [1.807, 2.05) is 21.1 Å². The van der Waals surface area contributed by atoms with Crippen LogP contribution in [0.5, 0.6) is 0 Å². The van der Waals surface area contributed by atoms with Crippen molar-refractivity contribution in [1.29, 1.82) is 0 Å². The quantitative estimate of drug-likeness (QED) is 0.0196. The van der Waals surface area contributed by atoms with Gasteiger partial charge in [0, 0.05) is 12.8 Å². The van der Waals surface area contributed by atoms with Crippen molar-refractivity contribution < 1.29 is 42.1 Å². The van der Waals surface area contributed by atoms with Crippen LogP contribution in [0.15, 0.2) is 12.2 Å². The lowest BCUT2D eigenvalue weighted by atomic mass is 10.0. The molecular formula is C49H96NO8P. The van der Waals surface area contributed by atoms with Crippen LogP contribution in [0.3, 0.4) is 0 Å². The Morgan fingerprint density at radius 2 is 0.864 bits per heavy atom. The number of ether oxygens (including phenoxy) is 2. The second-order valence-corrected chi connectivity index (χ2v) is 19.6. The van der Waals surface area contributed by atoms with E-state index in [1.165, 1.54) is 154 Å². The molecule has 0 spiro atoms. The third-order valence-corrected chi connectivity index (χ3v) is 12.0. The molecule has 0 amide bonds. The van der Waals surface area contributed by atoms with Crippen LogP contribution in [-0.2, 0) is 32.7 Å². The predicted octanol–water partition coefficient (Wildman–Crippen LogP) is 13.9. The van der Waals surface area contributed by atoms with Gasteiger partial charge in [0.15, 0.2) is 6.10 Å². The monoisotopic (exact) mass is 858 g/mol. The van der Waals surface area contributed by atoms with Crippen molar-refractivity contribution in [2.24, 2.45) is 0 Å². The second-order valence-electron chi connectivity index (χ2n) is 18.2. The summed E-state index contributed by atoms with van der Waals surface area (Å²) in [6.07, 6.45) is 45.3. The maximum absolute atomic E-state index is 12.7. The molecule has 0 fully saturated rings. The normalized spacial score (nSPS) is 13.5. The van der Waals surface area contributed by atoms with Crippen LogP contribution < -0.4 is 4.89 Å². The summed E-state index contributed by atoms with van der Waals surface area (Å²) in [6, 6.07) is 0. The van der Waals surface area contributed by atoms with Gasteiger partial charge in [-0.2, -0.15) is 0 Å². The van der Waals surface area contributed by atoms with Gasteiger partial charge in [-0.3, -0.25) is 14.2 Å². The van der Waals surface area contributed by atoms with Gasteiger partial charge < -0.3 is 27.9 Å². The highest BCUT2D eigenvalue weighted by atomic mass is 31.2. The van der Waals surface area contributed by atoms with E-state index < -0.39 is 26.5 Å². The van der Waals surface area contributed by atoms with Crippen LogP contribution in [0.1, 0.15) is 239 Å². The van der Waals surface area contributed by atoms with Crippen LogP contribution >= 0.6 is 7.82 Å². The van der Waals surface area contributed by atoms with Crippen molar-refractivity contribution in [3.05, 3.63) is 12.2 Å². The summed E-state index contributed by atoms with van der Waals surface area (Å²) < 4.78 is 34.0. The van der Waals surface area contributed by atoms with Gasteiger partial charge >= 0.3 is 11.9 Å². The van der Waals surface area contributed by atoms with Crippen molar-refractivity contribution in [2.75, 3.05) is 47.5 Å². The molecule has 0 aliphatic heterocycles. The highest BCUT2D eigenvalue weighted by molar-refractivity contribution is 7.45. The number of carbonyl (C=O) groups is 2. The topological polar surface area (TPSA) is 111 Å². The van der Waals surface area contributed by atoms with Gasteiger partial charge in [-0.25, -0.2) is 0 Å². The average molecular weight is 858 g/mol. The van der Waals surface area contributed by atoms with E-state index in [0.29, 0.717) is 17.4 Å². The van der Waals surface area contributed by atoms with Crippen LogP contribution in [0, 0.1) is 0 Å². The number of hydrogen-bond donors (Lipinski definition) is 0. The Balaban J connectivity index is 4.17. The Morgan fingerprint density at radius 3 is 1.27 bits per heavy atom. The first kappa shape index (κ1) is 57.8. The fraction of sp³-hybridized carbons (Fsp3) is 0.918. The summed E-state index contributed by atoms with van der Waals surface area (Å²) in [7, 11) is 1.17. The third kappa shape index (κ3) is 46.1. The Hall–Kier alpha value is -1.25. The number of hydrogen-bond acceptors (Lipinski definition) is 8. The molecule has 0 heterocycles. The third-order valence-electron chi connectivity index (χ3n) is 11.0. The van der Waals surface area contributed by atoms with Crippen LogP contribution in [0.2, 0.25) is 0 Å². The minimum absolute atomic E-state index is 0.0292. The number of quaternary nitrogens is 1. The first-order chi connectivity index (χ1) is 28.5. The molecule has 2 atom stereocenters. The second kappa shape index (κ2) is 42.1.